The number of carbonyl (C=O) groups excluding carboxylic acids is 1. The standard InChI is InChI=1S/C21H24N4O2S/c1-13(2)17-7-5-6-8-18(17)25-20(15-9-11-16(27-4)12-10-15)23-24-21(25)28-14(3)19(22)26/h5-14H,1-4H3,(H2,22,26)/t14-/m0/s1. The van der Waals surface area contributed by atoms with Crippen LogP contribution < -0.4 is 10.5 Å². The summed E-state index contributed by atoms with van der Waals surface area (Å²) in [5.41, 5.74) is 8.54. The van der Waals surface area contributed by atoms with Gasteiger partial charge in [-0.25, -0.2) is 0 Å². The van der Waals surface area contributed by atoms with E-state index in [0.717, 1.165) is 17.0 Å². The van der Waals surface area contributed by atoms with Crippen molar-refractivity contribution in [2.75, 3.05) is 7.11 Å². The number of nitrogens with two attached hydrogens (primary N) is 1. The summed E-state index contributed by atoms with van der Waals surface area (Å²) in [5, 5.41) is 9.01. The molecule has 0 radical (unpaired) electrons. The van der Waals surface area contributed by atoms with E-state index in [4.69, 9.17) is 10.5 Å². The Morgan fingerprint density at radius 2 is 1.75 bits per heavy atom. The Morgan fingerprint density at radius 3 is 2.36 bits per heavy atom. The summed E-state index contributed by atoms with van der Waals surface area (Å²) in [6.45, 7) is 6.07. The lowest BCUT2D eigenvalue weighted by atomic mass is 10.0. The quantitative estimate of drug-likeness (QED) is 0.610. The monoisotopic (exact) mass is 396 g/mol. The number of ether oxygens (including phenoxy) is 1. The van der Waals surface area contributed by atoms with Crippen molar-refractivity contribution in [1.29, 1.82) is 0 Å². The number of thioether (sulfide) groups is 1. The molecule has 0 spiro atoms. The Hall–Kier alpha value is -2.80. The zero-order valence-corrected chi connectivity index (χ0v) is 17.2. The van der Waals surface area contributed by atoms with E-state index in [1.807, 2.05) is 47.0 Å². The third-order valence-electron chi connectivity index (χ3n) is 4.46. The molecule has 146 valence electrons. The molecule has 3 rings (SSSR count). The van der Waals surface area contributed by atoms with Crippen molar-refractivity contribution in [1.82, 2.24) is 14.8 Å². The first kappa shape index (κ1) is 19.9. The summed E-state index contributed by atoms with van der Waals surface area (Å²) >= 11 is 1.31. The molecule has 3 aromatic rings. The first-order chi connectivity index (χ1) is 13.4. The van der Waals surface area contributed by atoms with Crippen LogP contribution in [0.2, 0.25) is 0 Å². The van der Waals surface area contributed by atoms with Gasteiger partial charge in [0.15, 0.2) is 11.0 Å². The van der Waals surface area contributed by atoms with Crippen LogP contribution >= 0.6 is 11.8 Å². The molecule has 0 saturated carbocycles. The zero-order valence-electron chi connectivity index (χ0n) is 16.4. The highest BCUT2D eigenvalue weighted by Gasteiger charge is 2.22. The smallest absolute Gasteiger partial charge is 0.230 e. The van der Waals surface area contributed by atoms with Gasteiger partial charge in [-0.1, -0.05) is 43.8 Å². The van der Waals surface area contributed by atoms with Gasteiger partial charge in [0.25, 0.3) is 0 Å². The van der Waals surface area contributed by atoms with E-state index in [1.54, 1.807) is 14.0 Å². The summed E-state index contributed by atoms with van der Waals surface area (Å²) in [6.07, 6.45) is 0. The maximum Gasteiger partial charge on any atom is 0.230 e. The maximum atomic E-state index is 11.6. The third kappa shape index (κ3) is 4.04. The largest absolute Gasteiger partial charge is 0.497 e. The van der Waals surface area contributed by atoms with Crippen LogP contribution in [0.5, 0.6) is 5.75 Å². The molecule has 0 saturated heterocycles. The number of rotatable bonds is 7. The van der Waals surface area contributed by atoms with Gasteiger partial charge >= 0.3 is 0 Å². The Bertz CT molecular complexity index is 967. The molecular formula is C21H24N4O2S. The fourth-order valence-corrected chi connectivity index (χ4v) is 3.70. The molecule has 1 amide bonds. The number of benzene rings is 2. The summed E-state index contributed by atoms with van der Waals surface area (Å²) in [5.74, 6) is 1.40. The van der Waals surface area contributed by atoms with Crippen molar-refractivity contribution >= 4 is 17.7 Å². The lowest BCUT2D eigenvalue weighted by Gasteiger charge is -2.17. The molecule has 0 unspecified atom stereocenters. The number of amides is 1. The van der Waals surface area contributed by atoms with Gasteiger partial charge in [-0.15, -0.1) is 10.2 Å². The molecule has 1 aromatic heterocycles. The van der Waals surface area contributed by atoms with Crippen LogP contribution in [0.25, 0.3) is 17.1 Å². The minimum Gasteiger partial charge on any atom is -0.497 e. The molecule has 2 N–H and O–H groups in total. The van der Waals surface area contributed by atoms with Crippen LogP contribution in [0.4, 0.5) is 0 Å². The Morgan fingerprint density at radius 1 is 1.07 bits per heavy atom. The average molecular weight is 397 g/mol. The predicted octanol–water partition coefficient (Wildman–Crippen LogP) is 4.03. The topological polar surface area (TPSA) is 83.0 Å². The van der Waals surface area contributed by atoms with Crippen LogP contribution in [0.15, 0.2) is 53.7 Å². The molecule has 6 nitrogen and oxygen atoms in total. The minimum absolute atomic E-state index is 0.314. The number of hydrogen-bond acceptors (Lipinski definition) is 5. The summed E-state index contributed by atoms with van der Waals surface area (Å²) < 4.78 is 7.26. The third-order valence-corrected chi connectivity index (χ3v) is 5.53. The molecule has 0 aliphatic heterocycles. The molecule has 1 atom stereocenters. The van der Waals surface area contributed by atoms with Gasteiger partial charge in [0, 0.05) is 5.56 Å². The van der Waals surface area contributed by atoms with Crippen LogP contribution in [0.1, 0.15) is 32.3 Å². The van der Waals surface area contributed by atoms with Gasteiger partial charge in [0.05, 0.1) is 18.0 Å². The lowest BCUT2D eigenvalue weighted by Crippen LogP contribution is -2.23. The van der Waals surface area contributed by atoms with Gasteiger partial charge in [-0.3, -0.25) is 9.36 Å². The van der Waals surface area contributed by atoms with Gasteiger partial charge in [-0.2, -0.15) is 0 Å². The van der Waals surface area contributed by atoms with Crippen molar-refractivity contribution in [3.8, 4) is 22.8 Å². The van der Waals surface area contributed by atoms with Crippen molar-refractivity contribution in [3.63, 3.8) is 0 Å². The number of hydrogen-bond donors (Lipinski definition) is 1. The number of methoxy groups -OCH3 is 1. The van der Waals surface area contributed by atoms with Crippen molar-refractivity contribution < 1.29 is 9.53 Å². The highest BCUT2D eigenvalue weighted by atomic mass is 32.2. The molecule has 0 fully saturated rings. The fraction of sp³-hybridized carbons (Fsp3) is 0.286. The predicted molar refractivity (Wildman–Crippen MR) is 112 cm³/mol. The SMILES string of the molecule is COc1ccc(-c2nnc(S[C@@H](C)C(N)=O)n2-c2ccccc2C(C)C)cc1. The van der Waals surface area contributed by atoms with Crippen LogP contribution in [0.3, 0.4) is 0 Å². The number of primary amides is 1. The number of nitrogens with zero attached hydrogens (tertiary/aromatic N) is 3. The second-order valence-corrected chi connectivity index (χ2v) is 8.05. The molecule has 2 aromatic carbocycles. The van der Waals surface area contributed by atoms with Gasteiger partial charge in [0.2, 0.25) is 5.91 Å². The van der Waals surface area contributed by atoms with Crippen LogP contribution in [0, 0.1) is 0 Å². The molecular weight excluding hydrogens is 372 g/mol. The number of para-hydroxylation sites is 1. The van der Waals surface area contributed by atoms with E-state index >= 15 is 0 Å². The molecule has 0 bridgehead atoms. The van der Waals surface area contributed by atoms with E-state index in [1.165, 1.54) is 17.3 Å². The first-order valence-electron chi connectivity index (χ1n) is 9.07. The van der Waals surface area contributed by atoms with Crippen molar-refractivity contribution in [3.05, 3.63) is 54.1 Å². The molecule has 28 heavy (non-hydrogen) atoms. The van der Waals surface area contributed by atoms with E-state index in [9.17, 15) is 4.79 Å². The summed E-state index contributed by atoms with van der Waals surface area (Å²) in [7, 11) is 1.64. The molecule has 1 heterocycles. The van der Waals surface area contributed by atoms with Gasteiger partial charge in [-0.05, 0) is 48.7 Å². The molecule has 0 aliphatic rings. The molecule has 7 heteroatoms. The van der Waals surface area contributed by atoms with E-state index in [-0.39, 0.29) is 5.91 Å². The lowest BCUT2D eigenvalue weighted by molar-refractivity contribution is -0.117. The Labute approximate surface area is 169 Å². The first-order valence-corrected chi connectivity index (χ1v) is 9.95. The second kappa shape index (κ2) is 8.48. The van der Waals surface area contributed by atoms with Crippen molar-refractivity contribution in [2.24, 2.45) is 5.73 Å². The maximum absolute atomic E-state index is 11.6. The summed E-state index contributed by atoms with van der Waals surface area (Å²) in [4.78, 5) is 11.6. The fourth-order valence-electron chi connectivity index (χ4n) is 2.89. The minimum atomic E-state index is -0.419. The Kier molecular flexibility index (Phi) is 6.04. The van der Waals surface area contributed by atoms with Gasteiger partial charge < -0.3 is 10.5 Å². The Balaban J connectivity index is 2.18. The van der Waals surface area contributed by atoms with Crippen LogP contribution in [-0.4, -0.2) is 33.0 Å². The van der Waals surface area contributed by atoms with Crippen LogP contribution in [-0.2, 0) is 4.79 Å². The van der Waals surface area contributed by atoms with E-state index < -0.39 is 5.25 Å². The highest BCUT2D eigenvalue weighted by molar-refractivity contribution is 8.00. The van der Waals surface area contributed by atoms with Gasteiger partial charge in [0.1, 0.15) is 5.75 Å². The van der Waals surface area contributed by atoms with Crippen molar-refractivity contribution in [2.45, 2.75) is 37.1 Å². The van der Waals surface area contributed by atoms with E-state index in [0.29, 0.717) is 16.9 Å². The summed E-state index contributed by atoms with van der Waals surface area (Å²) in [6, 6.07) is 15.8. The average Bonchev–Trinajstić information content (AvgIpc) is 3.11. The second-order valence-electron chi connectivity index (χ2n) is 6.75. The highest BCUT2D eigenvalue weighted by Crippen LogP contribution is 2.33. The normalized spacial score (nSPS) is 12.2. The number of aromatic nitrogens is 3. The molecule has 0 aliphatic carbocycles. The van der Waals surface area contributed by atoms with E-state index in [2.05, 4.69) is 30.1 Å². The zero-order chi connectivity index (χ0) is 20.3. The number of carbonyl (C=O) groups is 1.